The lowest BCUT2D eigenvalue weighted by Gasteiger charge is -2.16. The maximum absolute atomic E-state index is 9.77. The van der Waals surface area contributed by atoms with Crippen molar-refractivity contribution >= 4 is 0 Å². The summed E-state index contributed by atoms with van der Waals surface area (Å²) in [6.07, 6.45) is 0.711. The number of phenolic OH excluding ortho intramolecular Hbond substituents is 1. The van der Waals surface area contributed by atoms with Crippen molar-refractivity contribution in [2.24, 2.45) is 5.73 Å². The van der Waals surface area contributed by atoms with E-state index >= 15 is 0 Å². The van der Waals surface area contributed by atoms with Crippen molar-refractivity contribution in [2.75, 3.05) is 0 Å². The largest absolute Gasteiger partial charge is 0.507 e. The third-order valence-corrected chi connectivity index (χ3v) is 3.40. The monoisotopic (exact) mass is 261 g/mol. The van der Waals surface area contributed by atoms with E-state index in [2.05, 4.69) is 10.1 Å². The zero-order valence-corrected chi connectivity index (χ0v) is 11.7. The number of hydrogen-bond donors (Lipinski definition) is 2. The Morgan fingerprint density at radius 2 is 1.89 bits per heavy atom. The predicted molar refractivity (Wildman–Crippen MR) is 72.7 cm³/mol. The molecular weight excluding hydrogens is 242 g/mol. The Morgan fingerprint density at radius 3 is 2.42 bits per heavy atom. The van der Waals surface area contributed by atoms with Crippen LogP contribution in [-0.2, 0) is 5.54 Å². The third kappa shape index (κ3) is 2.46. The smallest absolute Gasteiger partial charge is 0.246 e. The summed E-state index contributed by atoms with van der Waals surface area (Å²) < 4.78 is 5.24. The fraction of sp³-hybridized carbons (Fsp3) is 0.429. The van der Waals surface area contributed by atoms with Gasteiger partial charge in [0.25, 0.3) is 0 Å². The summed E-state index contributed by atoms with van der Waals surface area (Å²) in [6.45, 7) is 7.51. The second-order valence-electron chi connectivity index (χ2n) is 5.15. The van der Waals surface area contributed by atoms with Crippen molar-refractivity contribution in [3.8, 4) is 17.1 Å². The summed E-state index contributed by atoms with van der Waals surface area (Å²) in [4.78, 5) is 4.35. The van der Waals surface area contributed by atoms with Crippen LogP contribution in [0.5, 0.6) is 5.75 Å². The molecule has 0 saturated heterocycles. The zero-order chi connectivity index (χ0) is 14.2. The molecule has 1 unspecified atom stereocenters. The molecule has 0 saturated carbocycles. The SMILES string of the molecule is CCC(C)(N)c1nc(-c2cc(C)c(O)c(C)c2)no1. The van der Waals surface area contributed by atoms with Crippen LogP contribution in [0.15, 0.2) is 16.7 Å². The van der Waals surface area contributed by atoms with Gasteiger partial charge in [-0.25, -0.2) is 0 Å². The molecule has 2 aromatic rings. The normalized spacial score (nSPS) is 14.4. The summed E-state index contributed by atoms with van der Waals surface area (Å²) in [5, 5.41) is 13.7. The number of nitrogens with two attached hydrogens (primary N) is 1. The molecule has 1 heterocycles. The van der Waals surface area contributed by atoms with Crippen molar-refractivity contribution in [1.29, 1.82) is 0 Å². The molecule has 19 heavy (non-hydrogen) atoms. The maximum atomic E-state index is 9.77. The Hall–Kier alpha value is -1.88. The van der Waals surface area contributed by atoms with Crippen LogP contribution in [0.2, 0.25) is 0 Å². The van der Waals surface area contributed by atoms with Gasteiger partial charge < -0.3 is 15.4 Å². The van der Waals surface area contributed by atoms with Gasteiger partial charge in [0.05, 0.1) is 5.54 Å². The molecule has 5 nitrogen and oxygen atoms in total. The molecule has 0 aliphatic rings. The lowest BCUT2D eigenvalue weighted by molar-refractivity contribution is 0.291. The first-order valence-electron chi connectivity index (χ1n) is 6.29. The molecule has 0 bridgehead atoms. The first kappa shape index (κ1) is 13.5. The van der Waals surface area contributed by atoms with Crippen LogP contribution in [0.25, 0.3) is 11.4 Å². The highest BCUT2D eigenvalue weighted by Gasteiger charge is 2.26. The van der Waals surface area contributed by atoms with E-state index in [4.69, 9.17) is 10.3 Å². The van der Waals surface area contributed by atoms with Gasteiger partial charge in [-0.2, -0.15) is 4.98 Å². The van der Waals surface area contributed by atoms with E-state index in [1.54, 1.807) is 0 Å². The zero-order valence-electron chi connectivity index (χ0n) is 11.7. The van der Waals surface area contributed by atoms with Crippen LogP contribution in [0.4, 0.5) is 0 Å². The summed E-state index contributed by atoms with van der Waals surface area (Å²) in [5.74, 6) is 1.21. The molecule has 1 aromatic carbocycles. The number of aromatic nitrogens is 2. The molecule has 0 amide bonds. The minimum atomic E-state index is -0.619. The molecule has 1 atom stereocenters. The molecule has 0 aliphatic carbocycles. The minimum Gasteiger partial charge on any atom is -0.507 e. The quantitative estimate of drug-likeness (QED) is 0.887. The van der Waals surface area contributed by atoms with E-state index in [0.717, 1.165) is 16.7 Å². The predicted octanol–water partition coefficient (Wildman–Crippen LogP) is 2.64. The molecular formula is C14H19N3O2. The number of aryl methyl sites for hydroxylation is 2. The fourth-order valence-corrected chi connectivity index (χ4v) is 1.81. The van der Waals surface area contributed by atoms with Gasteiger partial charge in [0, 0.05) is 5.56 Å². The number of hydrogen-bond acceptors (Lipinski definition) is 5. The Kier molecular flexibility index (Phi) is 3.32. The number of aromatic hydroxyl groups is 1. The van der Waals surface area contributed by atoms with E-state index in [0.29, 0.717) is 23.9 Å². The average molecular weight is 261 g/mol. The molecule has 0 spiro atoms. The Labute approximate surface area is 112 Å². The average Bonchev–Trinajstić information content (AvgIpc) is 2.85. The van der Waals surface area contributed by atoms with Crippen molar-refractivity contribution in [2.45, 2.75) is 39.7 Å². The standard InChI is InChI=1S/C14H19N3O2/c1-5-14(4,15)13-16-12(17-19-13)10-6-8(2)11(18)9(3)7-10/h6-7,18H,5,15H2,1-4H3. The minimum absolute atomic E-state index is 0.296. The Morgan fingerprint density at radius 1 is 1.32 bits per heavy atom. The molecule has 2 rings (SSSR count). The summed E-state index contributed by atoms with van der Waals surface area (Å²) >= 11 is 0. The van der Waals surface area contributed by atoms with Gasteiger partial charge in [-0.05, 0) is 50.5 Å². The molecule has 3 N–H and O–H groups in total. The van der Waals surface area contributed by atoms with Gasteiger partial charge in [0.15, 0.2) is 0 Å². The third-order valence-electron chi connectivity index (χ3n) is 3.40. The van der Waals surface area contributed by atoms with Crippen LogP contribution in [-0.4, -0.2) is 15.2 Å². The number of rotatable bonds is 3. The number of benzene rings is 1. The highest BCUT2D eigenvalue weighted by molar-refractivity contribution is 5.60. The van der Waals surface area contributed by atoms with E-state index in [1.165, 1.54) is 0 Å². The topological polar surface area (TPSA) is 85.2 Å². The fourth-order valence-electron chi connectivity index (χ4n) is 1.81. The van der Waals surface area contributed by atoms with E-state index < -0.39 is 5.54 Å². The van der Waals surface area contributed by atoms with Crippen LogP contribution >= 0.6 is 0 Å². The van der Waals surface area contributed by atoms with E-state index in [-0.39, 0.29) is 0 Å². The summed E-state index contributed by atoms with van der Waals surface area (Å²) in [6, 6.07) is 3.66. The summed E-state index contributed by atoms with van der Waals surface area (Å²) in [7, 11) is 0. The molecule has 1 aromatic heterocycles. The summed E-state index contributed by atoms with van der Waals surface area (Å²) in [5.41, 5.74) is 7.84. The molecule has 5 heteroatoms. The number of phenols is 1. The first-order valence-corrected chi connectivity index (χ1v) is 6.29. The van der Waals surface area contributed by atoms with E-state index in [1.807, 2.05) is 39.8 Å². The van der Waals surface area contributed by atoms with Crippen molar-refractivity contribution < 1.29 is 9.63 Å². The van der Waals surface area contributed by atoms with Gasteiger partial charge in [0.2, 0.25) is 11.7 Å². The lowest BCUT2D eigenvalue weighted by Crippen LogP contribution is -2.32. The van der Waals surface area contributed by atoms with Crippen LogP contribution < -0.4 is 5.73 Å². The van der Waals surface area contributed by atoms with Gasteiger partial charge in [-0.15, -0.1) is 0 Å². The van der Waals surface area contributed by atoms with Gasteiger partial charge in [-0.1, -0.05) is 12.1 Å². The molecule has 0 fully saturated rings. The van der Waals surface area contributed by atoms with E-state index in [9.17, 15) is 5.11 Å². The Balaban J connectivity index is 2.44. The highest BCUT2D eigenvalue weighted by Crippen LogP contribution is 2.29. The van der Waals surface area contributed by atoms with Gasteiger partial charge in [-0.3, -0.25) is 0 Å². The Bertz CT molecular complexity index is 579. The maximum Gasteiger partial charge on any atom is 0.246 e. The van der Waals surface area contributed by atoms with Crippen LogP contribution in [0.3, 0.4) is 0 Å². The van der Waals surface area contributed by atoms with Crippen molar-refractivity contribution in [3.05, 3.63) is 29.2 Å². The van der Waals surface area contributed by atoms with Crippen LogP contribution in [0, 0.1) is 13.8 Å². The highest BCUT2D eigenvalue weighted by atomic mass is 16.5. The molecule has 0 aliphatic heterocycles. The van der Waals surface area contributed by atoms with Crippen molar-refractivity contribution in [1.82, 2.24) is 10.1 Å². The molecule has 0 radical (unpaired) electrons. The van der Waals surface area contributed by atoms with Gasteiger partial charge in [0.1, 0.15) is 5.75 Å². The second-order valence-corrected chi connectivity index (χ2v) is 5.15. The first-order chi connectivity index (χ1) is 8.85. The second kappa shape index (κ2) is 4.66. The lowest BCUT2D eigenvalue weighted by atomic mass is 10.0. The van der Waals surface area contributed by atoms with Crippen molar-refractivity contribution in [3.63, 3.8) is 0 Å². The molecule has 102 valence electrons. The van der Waals surface area contributed by atoms with Crippen LogP contribution in [0.1, 0.15) is 37.3 Å². The number of nitrogens with zero attached hydrogens (tertiary/aromatic N) is 2. The van der Waals surface area contributed by atoms with Gasteiger partial charge >= 0.3 is 0 Å².